The Kier molecular flexibility index (Phi) is 3.96. The lowest BCUT2D eigenvalue weighted by atomic mass is 9.85. The van der Waals surface area contributed by atoms with Gasteiger partial charge in [-0.05, 0) is 46.1 Å². The molecule has 0 aromatic carbocycles. The Morgan fingerprint density at radius 3 is 2.75 bits per heavy atom. The number of hydrogen-bond donors (Lipinski definition) is 1. The van der Waals surface area contributed by atoms with Crippen molar-refractivity contribution >= 4 is 48.9 Å². The van der Waals surface area contributed by atoms with E-state index in [1.54, 1.807) is 11.4 Å². The van der Waals surface area contributed by atoms with Crippen molar-refractivity contribution in [1.29, 1.82) is 0 Å². The molecule has 90 valence electrons. The standard InChI is InChI=1S/C9H11BrClNO2S2/c10-8-1-2-15-9(8)16(13,14)12-5-6-3-7(11)4-6/h1-2,6-7,12H,3-5H2. The Morgan fingerprint density at radius 2 is 2.25 bits per heavy atom. The molecule has 2 rings (SSSR count). The summed E-state index contributed by atoms with van der Waals surface area (Å²) in [5, 5.41) is 1.97. The Bertz CT molecular complexity index is 468. The molecular weight excluding hydrogens is 334 g/mol. The lowest BCUT2D eigenvalue weighted by molar-refractivity contribution is 0.324. The van der Waals surface area contributed by atoms with E-state index in [4.69, 9.17) is 11.6 Å². The van der Waals surface area contributed by atoms with Crippen LogP contribution < -0.4 is 4.72 Å². The van der Waals surface area contributed by atoms with Crippen molar-refractivity contribution in [1.82, 2.24) is 4.72 Å². The number of thiophene rings is 1. The first-order valence-corrected chi connectivity index (χ1v) is 8.45. The third kappa shape index (κ3) is 2.79. The third-order valence-electron chi connectivity index (χ3n) is 2.57. The van der Waals surface area contributed by atoms with Gasteiger partial charge < -0.3 is 0 Å². The van der Waals surface area contributed by atoms with Gasteiger partial charge in [-0.2, -0.15) is 0 Å². The van der Waals surface area contributed by atoms with Crippen molar-refractivity contribution in [2.75, 3.05) is 6.54 Å². The van der Waals surface area contributed by atoms with Crippen molar-refractivity contribution in [3.8, 4) is 0 Å². The Balaban J connectivity index is 1.96. The number of rotatable bonds is 4. The fourth-order valence-electron chi connectivity index (χ4n) is 1.59. The highest BCUT2D eigenvalue weighted by molar-refractivity contribution is 9.10. The maximum absolute atomic E-state index is 11.9. The van der Waals surface area contributed by atoms with Gasteiger partial charge in [0.2, 0.25) is 0 Å². The summed E-state index contributed by atoms with van der Waals surface area (Å²) in [7, 11) is -3.36. The Morgan fingerprint density at radius 1 is 1.56 bits per heavy atom. The SMILES string of the molecule is O=S(=O)(NCC1CC(Cl)C1)c1sccc1Br. The molecule has 0 saturated heterocycles. The van der Waals surface area contributed by atoms with Crippen LogP contribution in [0.4, 0.5) is 0 Å². The van der Waals surface area contributed by atoms with Crippen molar-refractivity contribution in [3.63, 3.8) is 0 Å². The minimum absolute atomic E-state index is 0.225. The molecule has 16 heavy (non-hydrogen) atoms. The lowest BCUT2D eigenvalue weighted by Gasteiger charge is -2.30. The highest BCUT2D eigenvalue weighted by Crippen LogP contribution is 2.32. The minimum Gasteiger partial charge on any atom is -0.210 e. The highest BCUT2D eigenvalue weighted by atomic mass is 79.9. The van der Waals surface area contributed by atoms with Gasteiger partial charge in [-0.25, -0.2) is 13.1 Å². The van der Waals surface area contributed by atoms with E-state index in [1.807, 2.05) is 0 Å². The van der Waals surface area contributed by atoms with Gasteiger partial charge in [0.25, 0.3) is 10.0 Å². The summed E-state index contributed by atoms with van der Waals surface area (Å²) in [6.07, 6.45) is 1.80. The first-order chi connectivity index (χ1) is 7.49. The van der Waals surface area contributed by atoms with Crippen LogP contribution in [0.2, 0.25) is 0 Å². The summed E-state index contributed by atoms with van der Waals surface area (Å²) in [4.78, 5) is 0. The number of sulfonamides is 1. The molecule has 0 atom stereocenters. The number of alkyl halides is 1. The second-order valence-electron chi connectivity index (χ2n) is 3.84. The summed E-state index contributed by atoms with van der Waals surface area (Å²) in [6.45, 7) is 0.482. The monoisotopic (exact) mass is 343 g/mol. The molecule has 1 aliphatic carbocycles. The van der Waals surface area contributed by atoms with E-state index < -0.39 is 10.0 Å². The molecule has 0 aliphatic heterocycles. The minimum atomic E-state index is -3.36. The maximum Gasteiger partial charge on any atom is 0.251 e. The molecule has 7 heteroatoms. The van der Waals surface area contributed by atoms with Crippen LogP contribution in [0.15, 0.2) is 20.1 Å². The quantitative estimate of drug-likeness (QED) is 0.854. The summed E-state index contributed by atoms with van der Waals surface area (Å²) in [5.41, 5.74) is 0. The van der Waals surface area contributed by atoms with Gasteiger partial charge in [0.15, 0.2) is 0 Å². The summed E-state index contributed by atoms with van der Waals surface area (Å²) in [5.74, 6) is 0.385. The fourth-order valence-corrected chi connectivity index (χ4v) is 5.59. The number of halogens is 2. The Hall–Kier alpha value is 0.380. The summed E-state index contributed by atoms with van der Waals surface area (Å²) < 4.78 is 27.3. The van der Waals surface area contributed by atoms with Crippen molar-refractivity contribution in [3.05, 3.63) is 15.9 Å². The largest absolute Gasteiger partial charge is 0.251 e. The molecule has 0 amide bonds. The van der Waals surface area contributed by atoms with E-state index >= 15 is 0 Å². The van der Waals surface area contributed by atoms with Gasteiger partial charge in [0.1, 0.15) is 4.21 Å². The second-order valence-corrected chi connectivity index (χ2v) is 8.19. The molecule has 1 aliphatic rings. The second kappa shape index (κ2) is 4.94. The first kappa shape index (κ1) is 12.8. The number of nitrogens with one attached hydrogen (secondary N) is 1. The van der Waals surface area contributed by atoms with E-state index in [2.05, 4.69) is 20.7 Å². The zero-order chi connectivity index (χ0) is 11.8. The van der Waals surface area contributed by atoms with Crippen molar-refractivity contribution < 1.29 is 8.42 Å². The lowest BCUT2D eigenvalue weighted by Crippen LogP contribution is -2.36. The molecule has 1 N–H and O–H groups in total. The van der Waals surface area contributed by atoms with Crippen LogP contribution in [0.3, 0.4) is 0 Å². The van der Waals surface area contributed by atoms with Gasteiger partial charge in [-0.15, -0.1) is 22.9 Å². The smallest absolute Gasteiger partial charge is 0.210 e. The molecule has 0 spiro atoms. The predicted octanol–water partition coefficient (Wildman–Crippen LogP) is 2.81. The molecular formula is C9H11BrClNO2S2. The molecule has 0 radical (unpaired) electrons. The first-order valence-electron chi connectivity index (χ1n) is 4.86. The summed E-state index contributed by atoms with van der Waals surface area (Å²) >= 11 is 10.3. The molecule has 1 fully saturated rings. The third-order valence-corrected chi connectivity index (χ3v) is 7.02. The van der Waals surface area contributed by atoms with E-state index in [0.717, 1.165) is 12.8 Å². The van der Waals surface area contributed by atoms with Gasteiger partial charge >= 0.3 is 0 Å². The van der Waals surface area contributed by atoms with Gasteiger partial charge in [-0.1, -0.05) is 0 Å². The summed E-state index contributed by atoms with van der Waals surface area (Å²) in [6, 6.07) is 1.73. The van der Waals surface area contributed by atoms with Gasteiger partial charge in [0, 0.05) is 16.4 Å². The van der Waals surface area contributed by atoms with E-state index in [1.165, 1.54) is 11.3 Å². The van der Waals surface area contributed by atoms with Crippen LogP contribution in [-0.4, -0.2) is 20.3 Å². The van der Waals surface area contributed by atoms with E-state index in [-0.39, 0.29) is 5.38 Å². The maximum atomic E-state index is 11.9. The van der Waals surface area contributed by atoms with Crippen LogP contribution in [0.5, 0.6) is 0 Å². The molecule has 0 unspecified atom stereocenters. The Labute approximate surface area is 112 Å². The molecule has 1 aromatic heterocycles. The number of hydrogen-bond acceptors (Lipinski definition) is 3. The van der Waals surface area contributed by atoms with Crippen molar-refractivity contribution in [2.45, 2.75) is 22.4 Å². The van der Waals surface area contributed by atoms with E-state index in [0.29, 0.717) is 21.1 Å². The zero-order valence-corrected chi connectivity index (χ0v) is 12.3. The normalized spacial score (nSPS) is 25.4. The van der Waals surface area contributed by atoms with Crippen LogP contribution in [0, 0.1) is 5.92 Å². The fraction of sp³-hybridized carbons (Fsp3) is 0.556. The van der Waals surface area contributed by atoms with Crippen LogP contribution in [0.25, 0.3) is 0 Å². The average molecular weight is 345 g/mol. The van der Waals surface area contributed by atoms with Crippen molar-refractivity contribution in [2.24, 2.45) is 5.92 Å². The predicted molar refractivity (Wildman–Crippen MR) is 69.6 cm³/mol. The van der Waals surface area contributed by atoms with Crippen LogP contribution in [0.1, 0.15) is 12.8 Å². The molecule has 1 aromatic rings. The van der Waals surface area contributed by atoms with Crippen LogP contribution in [-0.2, 0) is 10.0 Å². The molecule has 3 nitrogen and oxygen atoms in total. The molecule has 1 saturated carbocycles. The zero-order valence-electron chi connectivity index (χ0n) is 8.32. The average Bonchev–Trinajstić information content (AvgIpc) is 2.58. The topological polar surface area (TPSA) is 46.2 Å². The van der Waals surface area contributed by atoms with Gasteiger partial charge in [-0.3, -0.25) is 0 Å². The van der Waals surface area contributed by atoms with Gasteiger partial charge in [0.05, 0.1) is 0 Å². The molecule has 1 heterocycles. The van der Waals surface area contributed by atoms with Crippen LogP contribution >= 0.6 is 38.9 Å². The molecule has 0 bridgehead atoms. The highest BCUT2D eigenvalue weighted by Gasteiger charge is 2.29. The van der Waals surface area contributed by atoms with E-state index in [9.17, 15) is 8.42 Å².